The van der Waals surface area contributed by atoms with Crippen molar-refractivity contribution in [2.24, 2.45) is 0 Å². The van der Waals surface area contributed by atoms with Crippen LogP contribution in [0.4, 0.5) is 0 Å². The van der Waals surface area contributed by atoms with Crippen LogP contribution < -0.4 is 4.74 Å². The lowest BCUT2D eigenvalue weighted by Crippen LogP contribution is -2.09. The Morgan fingerprint density at radius 1 is 1.38 bits per heavy atom. The highest BCUT2D eigenvalue weighted by molar-refractivity contribution is 5.86. The molecule has 0 amide bonds. The van der Waals surface area contributed by atoms with E-state index < -0.39 is 5.97 Å². The van der Waals surface area contributed by atoms with Gasteiger partial charge in [0.2, 0.25) is 0 Å². The number of benzene rings is 1. The number of aryl methyl sites for hydroxylation is 2. The van der Waals surface area contributed by atoms with E-state index >= 15 is 0 Å². The molecule has 0 aliphatic rings. The predicted molar refractivity (Wildman–Crippen MR) is 62.9 cm³/mol. The highest BCUT2D eigenvalue weighted by Gasteiger charge is 2.08. The fourth-order valence-electron chi connectivity index (χ4n) is 1.38. The van der Waals surface area contributed by atoms with Gasteiger partial charge < -0.3 is 9.84 Å². The van der Waals surface area contributed by atoms with Crippen molar-refractivity contribution in [3.05, 3.63) is 41.0 Å². The van der Waals surface area contributed by atoms with E-state index in [-0.39, 0.29) is 12.2 Å². The maximum absolute atomic E-state index is 10.6. The summed E-state index contributed by atoms with van der Waals surface area (Å²) < 4.78 is 5.44. The van der Waals surface area contributed by atoms with Crippen LogP contribution in [-0.4, -0.2) is 17.7 Å². The van der Waals surface area contributed by atoms with E-state index in [0.717, 1.165) is 22.4 Å². The number of aliphatic carboxylic acids is 1. The van der Waals surface area contributed by atoms with Crippen molar-refractivity contribution in [3.63, 3.8) is 0 Å². The number of hydrogen-bond donors (Lipinski definition) is 1. The molecule has 16 heavy (non-hydrogen) atoms. The van der Waals surface area contributed by atoms with Gasteiger partial charge in [0.1, 0.15) is 12.4 Å². The van der Waals surface area contributed by atoms with Gasteiger partial charge in [-0.25, -0.2) is 4.79 Å². The monoisotopic (exact) mass is 220 g/mol. The van der Waals surface area contributed by atoms with Crippen molar-refractivity contribution in [2.75, 3.05) is 6.61 Å². The summed E-state index contributed by atoms with van der Waals surface area (Å²) in [5, 5.41) is 8.66. The van der Waals surface area contributed by atoms with Gasteiger partial charge in [-0.3, -0.25) is 0 Å². The van der Waals surface area contributed by atoms with Gasteiger partial charge in [-0.15, -0.1) is 0 Å². The van der Waals surface area contributed by atoms with Crippen LogP contribution >= 0.6 is 0 Å². The second kappa shape index (κ2) is 4.84. The van der Waals surface area contributed by atoms with Gasteiger partial charge in [0, 0.05) is 0 Å². The molecular weight excluding hydrogens is 204 g/mol. The van der Waals surface area contributed by atoms with Gasteiger partial charge in [-0.1, -0.05) is 12.6 Å². The number of ether oxygens (including phenoxy) is 1. The molecule has 1 aromatic carbocycles. The molecule has 0 saturated heterocycles. The minimum Gasteiger partial charge on any atom is -0.488 e. The van der Waals surface area contributed by atoms with Crippen molar-refractivity contribution >= 4 is 5.97 Å². The SMILES string of the molecule is C=C(COc1cc(C)cc(C)c1C)C(=O)O. The third kappa shape index (κ3) is 2.86. The van der Waals surface area contributed by atoms with E-state index in [9.17, 15) is 4.79 Å². The average Bonchev–Trinajstić information content (AvgIpc) is 2.20. The van der Waals surface area contributed by atoms with E-state index in [0.29, 0.717) is 0 Å². The highest BCUT2D eigenvalue weighted by Crippen LogP contribution is 2.23. The Balaban J connectivity index is 2.82. The Bertz CT molecular complexity index is 433. The highest BCUT2D eigenvalue weighted by atomic mass is 16.5. The Labute approximate surface area is 95.4 Å². The van der Waals surface area contributed by atoms with Crippen LogP contribution in [0.2, 0.25) is 0 Å². The van der Waals surface area contributed by atoms with Gasteiger partial charge in [0.25, 0.3) is 0 Å². The van der Waals surface area contributed by atoms with Crippen LogP contribution in [0, 0.1) is 20.8 Å². The summed E-state index contributed by atoms with van der Waals surface area (Å²) in [6.07, 6.45) is 0. The molecule has 1 N–H and O–H groups in total. The standard InChI is InChI=1S/C13H16O3/c1-8-5-9(2)11(4)12(6-8)16-7-10(3)13(14)15/h5-6H,3,7H2,1-2,4H3,(H,14,15). The lowest BCUT2D eigenvalue weighted by molar-refractivity contribution is -0.133. The van der Waals surface area contributed by atoms with Crippen LogP contribution in [0.5, 0.6) is 5.75 Å². The van der Waals surface area contributed by atoms with Crippen LogP contribution in [-0.2, 0) is 4.79 Å². The van der Waals surface area contributed by atoms with Crippen LogP contribution in [0.3, 0.4) is 0 Å². The lowest BCUT2D eigenvalue weighted by atomic mass is 10.1. The number of carboxylic acid groups (broad SMARTS) is 1. The second-order valence-corrected chi connectivity index (χ2v) is 3.90. The lowest BCUT2D eigenvalue weighted by Gasteiger charge is -2.12. The predicted octanol–water partition coefficient (Wildman–Crippen LogP) is 2.63. The number of carbonyl (C=O) groups is 1. The number of rotatable bonds is 4. The molecule has 0 unspecified atom stereocenters. The average molecular weight is 220 g/mol. The van der Waals surface area contributed by atoms with E-state index in [4.69, 9.17) is 9.84 Å². The van der Waals surface area contributed by atoms with Crippen molar-refractivity contribution in [2.45, 2.75) is 20.8 Å². The third-order valence-electron chi connectivity index (χ3n) is 2.47. The van der Waals surface area contributed by atoms with Gasteiger partial charge in [-0.2, -0.15) is 0 Å². The van der Waals surface area contributed by atoms with Crippen LogP contribution in [0.15, 0.2) is 24.3 Å². The normalized spacial score (nSPS) is 9.94. The first-order valence-corrected chi connectivity index (χ1v) is 5.03. The van der Waals surface area contributed by atoms with Gasteiger partial charge in [0.15, 0.2) is 0 Å². The quantitative estimate of drug-likeness (QED) is 0.793. The fourth-order valence-corrected chi connectivity index (χ4v) is 1.38. The van der Waals surface area contributed by atoms with E-state index in [1.165, 1.54) is 0 Å². The molecule has 0 saturated carbocycles. The van der Waals surface area contributed by atoms with Gasteiger partial charge in [0.05, 0.1) is 5.57 Å². The molecule has 0 aliphatic carbocycles. The summed E-state index contributed by atoms with van der Waals surface area (Å²) in [5.74, 6) is -0.304. The summed E-state index contributed by atoms with van der Waals surface area (Å²) in [5.41, 5.74) is 3.32. The van der Waals surface area contributed by atoms with Crippen molar-refractivity contribution in [1.29, 1.82) is 0 Å². The van der Waals surface area contributed by atoms with Gasteiger partial charge in [-0.05, 0) is 43.5 Å². The molecule has 86 valence electrons. The Hall–Kier alpha value is -1.77. The van der Waals surface area contributed by atoms with Crippen molar-refractivity contribution < 1.29 is 14.6 Å². The molecule has 0 spiro atoms. The summed E-state index contributed by atoms with van der Waals surface area (Å²) in [7, 11) is 0. The first-order chi connectivity index (χ1) is 7.41. The molecule has 0 aliphatic heterocycles. The summed E-state index contributed by atoms with van der Waals surface area (Å²) in [4.78, 5) is 10.6. The maximum atomic E-state index is 10.6. The second-order valence-electron chi connectivity index (χ2n) is 3.90. The molecule has 3 nitrogen and oxygen atoms in total. The molecule has 1 rings (SSSR count). The largest absolute Gasteiger partial charge is 0.488 e. The van der Waals surface area contributed by atoms with Crippen LogP contribution in [0.1, 0.15) is 16.7 Å². The van der Waals surface area contributed by atoms with E-state index in [1.807, 2.05) is 26.8 Å². The third-order valence-corrected chi connectivity index (χ3v) is 2.47. The fraction of sp³-hybridized carbons (Fsp3) is 0.308. The minimum absolute atomic E-state index is 0.0130. The van der Waals surface area contributed by atoms with Crippen LogP contribution in [0.25, 0.3) is 0 Å². The molecule has 0 atom stereocenters. The molecule has 0 fully saturated rings. The Morgan fingerprint density at radius 2 is 2.00 bits per heavy atom. The molecule has 3 heteroatoms. The zero-order valence-electron chi connectivity index (χ0n) is 9.83. The number of carboxylic acids is 1. The molecular formula is C13H16O3. The molecule has 0 radical (unpaired) electrons. The summed E-state index contributed by atoms with van der Waals surface area (Å²) in [6, 6.07) is 3.96. The minimum atomic E-state index is -1.03. The van der Waals surface area contributed by atoms with E-state index in [1.54, 1.807) is 0 Å². The number of hydrogen-bond acceptors (Lipinski definition) is 2. The molecule has 0 heterocycles. The van der Waals surface area contributed by atoms with Crippen molar-refractivity contribution in [3.8, 4) is 5.75 Å². The summed E-state index contributed by atoms with van der Waals surface area (Å²) in [6.45, 7) is 9.36. The Kier molecular flexibility index (Phi) is 3.72. The summed E-state index contributed by atoms with van der Waals surface area (Å²) >= 11 is 0. The zero-order chi connectivity index (χ0) is 12.3. The first-order valence-electron chi connectivity index (χ1n) is 5.03. The van der Waals surface area contributed by atoms with Crippen molar-refractivity contribution in [1.82, 2.24) is 0 Å². The topological polar surface area (TPSA) is 46.5 Å². The van der Waals surface area contributed by atoms with Gasteiger partial charge >= 0.3 is 5.97 Å². The molecule has 0 aromatic heterocycles. The first kappa shape index (κ1) is 12.3. The maximum Gasteiger partial charge on any atom is 0.334 e. The zero-order valence-corrected chi connectivity index (χ0v) is 9.83. The van der Waals surface area contributed by atoms with E-state index in [2.05, 4.69) is 12.6 Å². The molecule has 1 aromatic rings. The smallest absolute Gasteiger partial charge is 0.334 e. The molecule has 0 bridgehead atoms. The Morgan fingerprint density at radius 3 is 2.56 bits per heavy atom.